The van der Waals surface area contributed by atoms with Crippen LogP contribution < -0.4 is 0 Å². The summed E-state index contributed by atoms with van der Waals surface area (Å²) in [6.07, 6.45) is 6.74. The zero-order valence-corrected chi connectivity index (χ0v) is 13.1. The Morgan fingerprint density at radius 1 is 1.29 bits per heavy atom. The molecule has 0 aliphatic heterocycles. The van der Waals surface area contributed by atoms with E-state index in [0.717, 1.165) is 11.4 Å². The Hall–Kier alpha value is -1.46. The second-order valence-electron chi connectivity index (χ2n) is 6.20. The van der Waals surface area contributed by atoms with E-state index in [4.69, 9.17) is 12.2 Å². The maximum Gasteiger partial charge on any atom is 0.199 e. The van der Waals surface area contributed by atoms with Crippen molar-refractivity contribution < 1.29 is 0 Å². The average molecular weight is 300 g/mol. The molecule has 2 aliphatic carbocycles. The van der Waals surface area contributed by atoms with E-state index in [1.807, 2.05) is 11.0 Å². The molecule has 1 aromatic heterocycles. The molecule has 0 bridgehead atoms. The van der Waals surface area contributed by atoms with Crippen LogP contribution >= 0.6 is 12.2 Å². The summed E-state index contributed by atoms with van der Waals surface area (Å²) < 4.78 is 4.95. The molecule has 0 spiro atoms. The second-order valence-corrected chi connectivity index (χ2v) is 6.57. The van der Waals surface area contributed by atoms with Crippen molar-refractivity contribution in [1.82, 2.24) is 19.2 Å². The number of hydrogen-bond donors (Lipinski definition) is 0. The van der Waals surface area contributed by atoms with E-state index >= 15 is 0 Å². The van der Waals surface area contributed by atoms with Gasteiger partial charge in [-0.2, -0.15) is 5.10 Å². The molecule has 2 aromatic rings. The summed E-state index contributed by atoms with van der Waals surface area (Å²) in [5.74, 6) is 0. The minimum atomic E-state index is 0.481. The Bertz CT molecular complexity index is 713. The van der Waals surface area contributed by atoms with Gasteiger partial charge in [0, 0.05) is 12.1 Å². The summed E-state index contributed by atoms with van der Waals surface area (Å²) in [4.78, 5) is 2.37. The number of rotatable bonds is 4. The lowest BCUT2D eigenvalue weighted by Crippen LogP contribution is -2.26. The normalized spacial score (nSPS) is 21.0. The molecule has 1 aromatic carbocycles. The molecule has 1 saturated carbocycles. The molecule has 1 unspecified atom stereocenters. The van der Waals surface area contributed by atoms with E-state index in [2.05, 4.69) is 45.9 Å². The average Bonchev–Trinajstić information content (AvgIpc) is 3.14. The molecule has 1 fully saturated rings. The third-order valence-corrected chi connectivity index (χ3v) is 5.11. The van der Waals surface area contributed by atoms with Crippen LogP contribution in [0, 0.1) is 4.77 Å². The largest absolute Gasteiger partial charge is 0.303 e. The van der Waals surface area contributed by atoms with Crippen molar-refractivity contribution in [1.29, 1.82) is 0 Å². The number of aryl methyl sites for hydroxylation is 1. The fraction of sp³-hybridized carbons (Fsp3) is 0.500. The number of nitrogens with zero attached hydrogens (tertiary/aromatic N) is 4. The van der Waals surface area contributed by atoms with Crippen molar-refractivity contribution in [2.24, 2.45) is 0 Å². The first kappa shape index (κ1) is 13.2. The fourth-order valence-electron chi connectivity index (χ4n) is 3.35. The Morgan fingerprint density at radius 3 is 2.90 bits per heavy atom. The predicted molar refractivity (Wildman–Crippen MR) is 84.6 cm³/mol. The molecule has 0 amide bonds. The molecule has 4 nitrogen and oxygen atoms in total. The number of fused-ring (bicyclic) bond motifs is 1. The maximum atomic E-state index is 5.55. The van der Waals surface area contributed by atoms with Crippen molar-refractivity contribution in [3.8, 4) is 0 Å². The van der Waals surface area contributed by atoms with Gasteiger partial charge in [-0.1, -0.05) is 24.3 Å². The molecule has 2 aliphatic rings. The van der Waals surface area contributed by atoms with Crippen LogP contribution in [0.2, 0.25) is 0 Å². The highest BCUT2D eigenvalue weighted by Gasteiger charge is 2.27. The summed E-state index contributed by atoms with van der Waals surface area (Å²) in [5.41, 5.74) is 2.95. The van der Waals surface area contributed by atoms with Gasteiger partial charge >= 0.3 is 0 Å². The maximum absolute atomic E-state index is 5.55. The lowest BCUT2D eigenvalue weighted by molar-refractivity contribution is 0.181. The molecule has 5 heteroatoms. The molecule has 0 radical (unpaired) electrons. The zero-order valence-electron chi connectivity index (χ0n) is 12.3. The highest BCUT2D eigenvalue weighted by atomic mass is 32.1. The second kappa shape index (κ2) is 5.07. The Balaban J connectivity index is 1.54. The molecule has 1 heterocycles. The fourth-order valence-corrected chi connectivity index (χ4v) is 3.65. The van der Waals surface area contributed by atoms with Gasteiger partial charge in [0.25, 0.3) is 0 Å². The minimum Gasteiger partial charge on any atom is -0.303 e. The van der Waals surface area contributed by atoms with Crippen molar-refractivity contribution in [3.05, 3.63) is 46.5 Å². The van der Waals surface area contributed by atoms with Gasteiger partial charge in [0.2, 0.25) is 0 Å². The van der Waals surface area contributed by atoms with Crippen molar-refractivity contribution in [2.45, 2.75) is 44.4 Å². The lowest BCUT2D eigenvalue weighted by atomic mass is 10.1. The molecule has 0 N–H and O–H groups in total. The number of hydrogen-bond acceptors (Lipinski definition) is 3. The van der Waals surface area contributed by atoms with Gasteiger partial charge in [-0.25, -0.2) is 4.68 Å². The van der Waals surface area contributed by atoms with Gasteiger partial charge in [-0.3, -0.25) is 4.90 Å². The van der Waals surface area contributed by atoms with Crippen LogP contribution in [0.25, 0.3) is 0 Å². The molecular formula is C16H20N4S. The molecular weight excluding hydrogens is 280 g/mol. The van der Waals surface area contributed by atoms with Gasteiger partial charge < -0.3 is 4.57 Å². The third-order valence-electron chi connectivity index (χ3n) is 4.69. The summed E-state index contributed by atoms with van der Waals surface area (Å²) in [6.45, 7) is 0.761. The quantitative estimate of drug-likeness (QED) is 0.810. The Labute approximate surface area is 130 Å². The van der Waals surface area contributed by atoms with E-state index in [1.165, 1.54) is 36.8 Å². The first-order valence-electron chi connectivity index (χ1n) is 7.66. The Kier molecular flexibility index (Phi) is 3.19. The summed E-state index contributed by atoms with van der Waals surface area (Å²) >= 11 is 5.55. The molecule has 4 rings (SSSR count). The first-order chi connectivity index (χ1) is 10.2. The lowest BCUT2D eigenvalue weighted by Gasteiger charge is -2.24. The molecule has 21 heavy (non-hydrogen) atoms. The first-order valence-corrected chi connectivity index (χ1v) is 8.07. The standard InChI is InChI=1S/C16H20N4S/c1-18(15-9-6-12-4-2-3-5-14(12)15)11-20-16(21)19(10-17-20)13-7-8-13/h2-5,10,13,15H,6-9,11H2,1H3. The summed E-state index contributed by atoms with van der Waals surface area (Å²) in [7, 11) is 2.17. The van der Waals surface area contributed by atoms with Crippen LogP contribution in [-0.2, 0) is 13.1 Å². The van der Waals surface area contributed by atoms with E-state index in [1.54, 1.807) is 0 Å². The molecule has 110 valence electrons. The monoisotopic (exact) mass is 300 g/mol. The summed E-state index contributed by atoms with van der Waals surface area (Å²) in [5, 5.41) is 4.48. The van der Waals surface area contributed by atoms with Crippen LogP contribution in [0.3, 0.4) is 0 Å². The van der Waals surface area contributed by atoms with Crippen molar-refractivity contribution in [3.63, 3.8) is 0 Å². The topological polar surface area (TPSA) is 26.0 Å². The van der Waals surface area contributed by atoms with E-state index in [9.17, 15) is 0 Å². The van der Waals surface area contributed by atoms with E-state index < -0.39 is 0 Å². The highest BCUT2D eigenvalue weighted by Crippen LogP contribution is 2.36. The number of benzene rings is 1. The van der Waals surface area contributed by atoms with Crippen LogP contribution in [0.5, 0.6) is 0 Å². The summed E-state index contributed by atoms with van der Waals surface area (Å²) in [6, 6.07) is 9.85. The van der Waals surface area contributed by atoms with Gasteiger partial charge in [0.1, 0.15) is 6.33 Å². The van der Waals surface area contributed by atoms with Gasteiger partial charge in [0.15, 0.2) is 4.77 Å². The predicted octanol–water partition coefficient (Wildman–Crippen LogP) is 3.33. The molecule has 1 atom stereocenters. The smallest absolute Gasteiger partial charge is 0.199 e. The van der Waals surface area contributed by atoms with Crippen LogP contribution in [0.4, 0.5) is 0 Å². The van der Waals surface area contributed by atoms with Crippen LogP contribution in [0.15, 0.2) is 30.6 Å². The van der Waals surface area contributed by atoms with Crippen LogP contribution in [0.1, 0.15) is 42.5 Å². The van der Waals surface area contributed by atoms with Crippen molar-refractivity contribution >= 4 is 12.2 Å². The third kappa shape index (κ3) is 2.34. The molecule has 0 saturated heterocycles. The van der Waals surface area contributed by atoms with Gasteiger partial charge in [0.05, 0.1) is 6.67 Å². The van der Waals surface area contributed by atoms with E-state index in [0.29, 0.717) is 12.1 Å². The number of aromatic nitrogens is 3. The van der Waals surface area contributed by atoms with Crippen LogP contribution in [-0.4, -0.2) is 26.3 Å². The SMILES string of the molecule is CN(Cn1ncn(C2CC2)c1=S)C1CCc2ccccc21. The van der Waals surface area contributed by atoms with Crippen molar-refractivity contribution in [2.75, 3.05) is 7.05 Å². The van der Waals surface area contributed by atoms with E-state index in [-0.39, 0.29) is 0 Å². The van der Waals surface area contributed by atoms with Gasteiger partial charge in [-0.15, -0.1) is 0 Å². The zero-order chi connectivity index (χ0) is 14.4. The minimum absolute atomic E-state index is 0.481. The Morgan fingerprint density at radius 2 is 2.10 bits per heavy atom. The highest BCUT2D eigenvalue weighted by molar-refractivity contribution is 7.71. The van der Waals surface area contributed by atoms with Gasteiger partial charge in [-0.05, 0) is 56.1 Å².